The zero-order valence-electron chi connectivity index (χ0n) is 14.7. The second kappa shape index (κ2) is 6.50. The summed E-state index contributed by atoms with van der Waals surface area (Å²) in [5.74, 6) is 0.587. The van der Waals surface area contributed by atoms with Crippen LogP contribution in [0.2, 0.25) is 0 Å². The van der Waals surface area contributed by atoms with Crippen molar-refractivity contribution in [1.82, 2.24) is 0 Å². The van der Waals surface area contributed by atoms with E-state index >= 15 is 0 Å². The van der Waals surface area contributed by atoms with E-state index in [1.54, 1.807) is 13.8 Å². The SMILES string of the molecule is Cc1ccc2cc(C(C)C)c(O)cc2c1CCC(O)C(C)(C)O. The topological polar surface area (TPSA) is 60.7 Å². The van der Waals surface area contributed by atoms with Crippen LogP contribution in [0.25, 0.3) is 10.8 Å². The van der Waals surface area contributed by atoms with Crippen molar-refractivity contribution in [2.45, 2.75) is 65.1 Å². The number of aliphatic hydroxyl groups excluding tert-OH is 1. The zero-order chi connectivity index (χ0) is 17.4. The van der Waals surface area contributed by atoms with Crippen molar-refractivity contribution in [3.8, 4) is 5.75 Å². The van der Waals surface area contributed by atoms with Crippen molar-refractivity contribution in [2.24, 2.45) is 0 Å². The molecule has 0 saturated heterocycles. The number of phenols is 1. The number of hydrogen-bond donors (Lipinski definition) is 3. The predicted molar refractivity (Wildman–Crippen MR) is 95.1 cm³/mol. The highest BCUT2D eigenvalue weighted by Gasteiger charge is 2.24. The first kappa shape index (κ1) is 17.8. The van der Waals surface area contributed by atoms with E-state index in [1.165, 1.54) is 0 Å². The molecule has 2 aromatic carbocycles. The number of rotatable bonds is 5. The summed E-state index contributed by atoms with van der Waals surface area (Å²) >= 11 is 0. The Bertz CT molecular complexity index is 696. The zero-order valence-corrected chi connectivity index (χ0v) is 14.7. The van der Waals surface area contributed by atoms with E-state index in [1.807, 2.05) is 19.1 Å². The smallest absolute Gasteiger partial charge is 0.119 e. The Kier molecular flexibility index (Phi) is 5.02. The van der Waals surface area contributed by atoms with Crippen LogP contribution in [0.5, 0.6) is 5.75 Å². The van der Waals surface area contributed by atoms with Crippen LogP contribution in [0, 0.1) is 6.92 Å². The number of phenolic OH excluding ortho intramolecular Hbond substituents is 1. The Morgan fingerprint density at radius 3 is 2.35 bits per heavy atom. The standard InChI is InChI=1S/C20H28O3/c1-12(2)16-10-14-7-6-13(3)15(17(14)11-18(16)21)8-9-19(22)20(4,5)23/h6-7,10-12,19,21-23H,8-9H2,1-5H3. The summed E-state index contributed by atoms with van der Waals surface area (Å²) in [5.41, 5.74) is 2.10. The highest BCUT2D eigenvalue weighted by atomic mass is 16.3. The van der Waals surface area contributed by atoms with Gasteiger partial charge in [0.1, 0.15) is 5.75 Å². The minimum Gasteiger partial charge on any atom is -0.508 e. The third-order valence-electron chi connectivity index (χ3n) is 4.62. The molecule has 1 unspecified atom stereocenters. The van der Waals surface area contributed by atoms with Crippen LogP contribution in [-0.2, 0) is 6.42 Å². The number of aromatic hydroxyl groups is 1. The molecule has 0 heterocycles. The molecule has 126 valence electrons. The Morgan fingerprint density at radius 2 is 1.78 bits per heavy atom. The minimum atomic E-state index is -1.11. The number of aliphatic hydroxyl groups is 2. The summed E-state index contributed by atoms with van der Waals surface area (Å²) < 4.78 is 0. The van der Waals surface area contributed by atoms with Gasteiger partial charge in [0.2, 0.25) is 0 Å². The molecule has 2 rings (SSSR count). The third kappa shape index (κ3) is 3.85. The number of benzene rings is 2. The van der Waals surface area contributed by atoms with E-state index < -0.39 is 11.7 Å². The van der Waals surface area contributed by atoms with Gasteiger partial charge in [-0.15, -0.1) is 0 Å². The van der Waals surface area contributed by atoms with Gasteiger partial charge in [-0.25, -0.2) is 0 Å². The average Bonchev–Trinajstić information content (AvgIpc) is 2.44. The van der Waals surface area contributed by atoms with Crippen LogP contribution < -0.4 is 0 Å². The molecule has 0 aliphatic carbocycles. The lowest BCUT2D eigenvalue weighted by atomic mass is 9.89. The Balaban J connectivity index is 2.43. The highest BCUT2D eigenvalue weighted by Crippen LogP contribution is 2.33. The Morgan fingerprint density at radius 1 is 1.13 bits per heavy atom. The van der Waals surface area contributed by atoms with Crippen LogP contribution in [0.1, 0.15) is 56.7 Å². The van der Waals surface area contributed by atoms with Crippen molar-refractivity contribution in [3.63, 3.8) is 0 Å². The van der Waals surface area contributed by atoms with Gasteiger partial charge >= 0.3 is 0 Å². The van der Waals surface area contributed by atoms with Crippen molar-refractivity contribution in [1.29, 1.82) is 0 Å². The maximum atomic E-state index is 10.3. The summed E-state index contributed by atoms with van der Waals surface area (Å²) in [6.07, 6.45) is 0.367. The fourth-order valence-corrected chi connectivity index (χ4v) is 2.98. The van der Waals surface area contributed by atoms with Gasteiger partial charge in [-0.3, -0.25) is 0 Å². The fourth-order valence-electron chi connectivity index (χ4n) is 2.98. The van der Waals surface area contributed by atoms with Gasteiger partial charge in [0.05, 0.1) is 11.7 Å². The molecule has 0 aromatic heterocycles. The molecule has 3 heteroatoms. The van der Waals surface area contributed by atoms with Crippen molar-refractivity contribution in [2.75, 3.05) is 0 Å². The second-order valence-corrected chi connectivity index (χ2v) is 7.36. The number of hydrogen-bond acceptors (Lipinski definition) is 3. The predicted octanol–water partition coefficient (Wildman–Crippen LogP) is 4.04. The van der Waals surface area contributed by atoms with Crippen LogP contribution in [0.15, 0.2) is 24.3 Å². The molecule has 0 spiro atoms. The average molecular weight is 316 g/mol. The fraction of sp³-hybridized carbons (Fsp3) is 0.500. The molecular weight excluding hydrogens is 288 g/mol. The summed E-state index contributed by atoms with van der Waals surface area (Å²) in [4.78, 5) is 0. The lowest BCUT2D eigenvalue weighted by Gasteiger charge is -2.25. The van der Waals surface area contributed by atoms with Gasteiger partial charge in [0.15, 0.2) is 0 Å². The molecule has 0 saturated carbocycles. The van der Waals surface area contributed by atoms with E-state index in [2.05, 4.69) is 26.0 Å². The summed E-state index contributed by atoms with van der Waals surface area (Å²) in [5, 5.41) is 32.4. The third-order valence-corrected chi connectivity index (χ3v) is 4.62. The summed E-state index contributed by atoms with van der Waals surface area (Å²) in [6.45, 7) is 9.41. The quantitative estimate of drug-likeness (QED) is 0.780. The van der Waals surface area contributed by atoms with E-state index in [0.717, 1.165) is 27.5 Å². The van der Waals surface area contributed by atoms with Gasteiger partial charge in [0.25, 0.3) is 0 Å². The van der Waals surface area contributed by atoms with E-state index in [4.69, 9.17) is 0 Å². The first-order valence-corrected chi connectivity index (χ1v) is 8.26. The molecule has 3 nitrogen and oxygen atoms in total. The van der Waals surface area contributed by atoms with E-state index in [0.29, 0.717) is 18.6 Å². The Labute approximate surface area is 138 Å². The molecule has 0 fully saturated rings. The van der Waals surface area contributed by atoms with Crippen LogP contribution >= 0.6 is 0 Å². The van der Waals surface area contributed by atoms with Crippen LogP contribution in [0.3, 0.4) is 0 Å². The molecule has 0 aliphatic rings. The van der Waals surface area contributed by atoms with Crippen molar-refractivity contribution >= 4 is 10.8 Å². The molecule has 0 amide bonds. The maximum absolute atomic E-state index is 10.3. The molecule has 0 aliphatic heterocycles. The van der Waals surface area contributed by atoms with Gasteiger partial charge < -0.3 is 15.3 Å². The monoisotopic (exact) mass is 316 g/mol. The van der Waals surface area contributed by atoms with Gasteiger partial charge in [-0.1, -0.05) is 26.0 Å². The number of fused-ring (bicyclic) bond motifs is 1. The van der Waals surface area contributed by atoms with Gasteiger partial charge in [-0.05, 0) is 79.1 Å². The minimum absolute atomic E-state index is 0.265. The van der Waals surface area contributed by atoms with Crippen LogP contribution in [0.4, 0.5) is 0 Å². The molecular formula is C20H28O3. The van der Waals surface area contributed by atoms with E-state index in [9.17, 15) is 15.3 Å². The lowest BCUT2D eigenvalue weighted by molar-refractivity contribution is -0.0509. The van der Waals surface area contributed by atoms with E-state index in [-0.39, 0.29) is 5.92 Å². The largest absolute Gasteiger partial charge is 0.508 e. The normalized spacial score (nSPS) is 13.7. The van der Waals surface area contributed by atoms with Crippen molar-refractivity contribution in [3.05, 3.63) is 41.0 Å². The summed E-state index contributed by atoms with van der Waals surface area (Å²) in [6, 6.07) is 8.04. The first-order valence-electron chi connectivity index (χ1n) is 8.26. The van der Waals surface area contributed by atoms with Gasteiger partial charge in [0, 0.05) is 0 Å². The highest BCUT2D eigenvalue weighted by molar-refractivity contribution is 5.89. The molecule has 0 bridgehead atoms. The van der Waals surface area contributed by atoms with Crippen LogP contribution in [-0.4, -0.2) is 27.0 Å². The lowest BCUT2D eigenvalue weighted by Crippen LogP contribution is -2.36. The molecule has 2 aromatic rings. The second-order valence-electron chi connectivity index (χ2n) is 7.36. The first-order chi connectivity index (χ1) is 10.6. The maximum Gasteiger partial charge on any atom is 0.119 e. The van der Waals surface area contributed by atoms with Gasteiger partial charge in [-0.2, -0.15) is 0 Å². The summed E-state index contributed by atoms with van der Waals surface area (Å²) in [7, 11) is 0. The molecule has 1 atom stereocenters. The van der Waals surface area contributed by atoms with Crippen molar-refractivity contribution < 1.29 is 15.3 Å². The molecule has 23 heavy (non-hydrogen) atoms. The Hall–Kier alpha value is -1.58. The molecule has 3 N–H and O–H groups in total. The number of aryl methyl sites for hydroxylation is 2. The molecule has 0 radical (unpaired) electrons.